The molecule has 1 saturated carbocycles. The van der Waals surface area contributed by atoms with Crippen LogP contribution in [0.3, 0.4) is 0 Å². The van der Waals surface area contributed by atoms with E-state index in [4.69, 9.17) is 9.47 Å². The van der Waals surface area contributed by atoms with E-state index in [0.717, 1.165) is 50.9 Å². The quantitative estimate of drug-likeness (QED) is 0.502. The average Bonchev–Trinajstić information content (AvgIpc) is 2.80. The summed E-state index contributed by atoms with van der Waals surface area (Å²) in [5.74, 6) is 0.245. The Labute approximate surface area is 181 Å². The van der Waals surface area contributed by atoms with Crippen molar-refractivity contribution >= 4 is 0 Å². The number of ether oxygens (including phenoxy) is 3. The molecule has 6 heteroatoms. The third-order valence-electron chi connectivity index (χ3n) is 6.59. The van der Waals surface area contributed by atoms with E-state index < -0.39 is 18.2 Å². The molecule has 0 bridgehead atoms. The molecule has 2 aromatic carbocycles. The lowest BCUT2D eigenvalue weighted by atomic mass is 9.78. The normalized spacial score (nSPS) is 26.7. The number of halogens is 3. The Morgan fingerprint density at radius 3 is 2.16 bits per heavy atom. The summed E-state index contributed by atoms with van der Waals surface area (Å²) in [6.07, 6.45) is 5.40. The number of hydrogen-bond donors (Lipinski definition) is 0. The predicted molar refractivity (Wildman–Crippen MR) is 113 cm³/mol. The van der Waals surface area contributed by atoms with Crippen LogP contribution in [-0.2, 0) is 9.47 Å². The second-order valence-electron chi connectivity index (χ2n) is 8.57. The molecule has 0 amide bonds. The van der Waals surface area contributed by atoms with Crippen molar-refractivity contribution in [2.75, 3.05) is 13.2 Å². The van der Waals surface area contributed by atoms with Gasteiger partial charge in [-0.15, -0.1) is 0 Å². The van der Waals surface area contributed by atoms with Crippen LogP contribution in [0, 0.1) is 17.7 Å². The number of hydrogen-bond acceptors (Lipinski definition) is 3. The van der Waals surface area contributed by atoms with Gasteiger partial charge in [0.1, 0.15) is 0 Å². The molecule has 0 atom stereocenters. The SMILES string of the molecule is CCC1COC(C2CCC(c3ccc(-c4ccc(OC(F)F)c(F)c4)cc3)CC2)OC1. The van der Waals surface area contributed by atoms with Crippen molar-refractivity contribution in [3.8, 4) is 16.9 Å². The first-order valence-electron chi connectivity index (χ1n) is 11.1. The third-order valence-corrected chi connectivity index (χ3v) is 6.59. The van der Waals surface area contributed by atoms with E-state index in [1.807, 2.05) is 12.1 Å². The van der Waals surface area contributed by atoms with E-state index in [-0.39, 0.29) is 6.29 Å². The Balaban J connectivity index is 1.33. The maximum atomic E-state index is 14.0. The van der Waals surface area contributed by atoms with E-state index in [2.05, 4.69) is 23.8 Å². The molecular formula is C25H29F3O3. The zero-order valence-corrected chi connectivity index (χ0v) is 17.7. The minimum atomic E-state index is -3.04. The molecule has 0 spiro atoms. The van der Waals surface area contributed by atoms with Crippen LogP contribution >= 0.6 is 0 Å². The molecule has 1 aliphatic carbocycles. The lowest BCUT2D eigenvalue weighted by Gasteiger charge is -2.37. The van der Waals surface area contributed by atoms with Crippen LogP contribution in [0.4, 0.5) is 13.2 Å². The fourth-order valence-corrected chi connectivity index (χ4v) is 4.61. The van der Waals surface area contributed by atoms with Crippen LogP contribution in [0.2, 0.25) is 0 Å². The van der Waals surface area contributed by atoms with Crippen molar-refractivity contribution in [2.45, 2.75) is 57.8 Å². The second kappa shape index (κ2) is 10.0. The average molecular weight is 434 g/mol. The summed E-state index contributed by atoms with van der Waals surface area (Å²) in [5.41, 5.74) is 2.75. The first kappa shape index (κ1) is 22.2. The van der Waals surface area contributed by atoms with Crippen LogP contribution in [0.1, 0.15) is 50.5 Å². The lowest BCUT2D eigenvalue weighted by molar-refractivity contribution is -0.228. The molecule has 4 rings (SSSR count). The van der Waals surface area contributed by atoms with Crippen LogP contribution in [-0.4, -0.2) is 26.1 Å². The summed E-state index contributed by atoms with van der Waals surface area (Å²) in [4.78, 5) is 0. The van der Waals surface area contributed by atoms with E-state index in [1.165, 1.54) is 17.7 Å². The Bertz CT molecular complexity index is 840. The molecule has 1 aliphatic heterocycles. The second-order valence-corrected chi connectivity index (χ2v) is 8.57. The lowest BCUT2D eigenvalue weighted by Crippen LogP contribution is -2.38. The van der Waals surface area contributed by atoms with E-state index in [0.29, 0.717) is 23.3 Å². The van der Waals surface area contributed by atoms with Crippen LogP contribution < -0.4 is 4.74 Å². The van der Waals surface area contributed by atoms with Gasteiger partial charge in [0, 0.05) is 11.8 Å². The summed E-state index contributed by atoms with van der Waals surface area (Å²) >= 11 is 0. The topological polar surface area (TPSA) is 27.7 Å². The molecule has 0 unspecified atom stereocenters. The maximum absolute atomic E-state index is 14.0. The van der Waals surface area contributed by atoms with Gasteiger partial charge in [0.2, 0.25) is 0 Å². The summed E-state index contributed by atoms with van der Waals surface area (Å²) in [7, 11) is 0. The highest BCUT2D eigenvalue weighted by Crippen LogP contribution is 2.39. The van der Waals surface area contributed by atoms with Crippen molar-refractivity contribution in [1.29, 1.82) is 0 Å². The molecule has 3 nitrogen and oxygen atoms in total. The molecule has 2 fully saturated rings. The molecule has 168 valence electrons. The summed E-state index contributed by atoms with van der Waals surface area (Å²) in [5, 5.41) is 0. The third kappa shape index (κ3) is 5.42. The zero-order valence-electron chi connectivity index (χ0n) is 17.7. The van der Waals surface area contributed by atoms with E-state index in [1.54, 1.807) is 6.07 Å². The number of benzene rings is 2. The van der Waals surface area contributed by atoms with Gasteiger partial charge in [0.05, 0.1) is 13.2 Å². The van der Waals surface area contributed by atoms with Gasteiger partial charge in [-0.25, -0.2) is 4.39 Å². The Morgan fingerprint density at radius 1 is 0.935 bits per heavy atom. The fourth-order valence-electron chi connectivity index (χ4n) is 4.61. The molecular weight excluding hydrogens is 405 g/mol. The molecule has 0 aromatic heterocycles. The van der Waals surface area contributed by atoms with Gasteiger partial charge in [-0.3, -0.25) is 0 Å². The largest absolute Gasteiger partial charge is 0.432 e. The minimum absolute atomic E-state index is 0.0574. The Kier molecular flexibility index (Phi) is 7.18. The van der Waals surface area contributed by atoms with Gasteiger partial charge < -0.3 is 14.2 Å². The van der Waals surface area contributed by atoms with Gasteiger partial charge in [0.25, 0.3) is 0 Å². The predicted octanol–water partition coefficient (Wildman–Crippen LogP) is 6.77. The maximum Gasteiger partial charge on any atom is 0.387 e. The smallest absolute Gasteiger partial charge is 0.387 e. The zero-order chi connectivity index (χ0) is 21.8. The van der Waals surface area contributed by atoms with Gasteiger partial charge in [-0.1, -0.05) is 37.3 Å². The van der Waals surface area contributed by atoms with Crippen LogP contribution in [0.15, 0.2) is 42.5 Å². The van der Waals surface area contributed by atoms with Crippen molar-refractivity contribution in [1.82, 2.24) is 0 Å². The fraction of sp³-hybridized carbons (Fsp3) is 0.520. The van der Waals surface area contributed by atoms with Gasteiger partial charge in [-0.2, -0.15) is 8.78 Å². The number of rotatable bonds is 6. The van der Waals surface area contributed by atoms with E-state index in [9.17, 15) is 13.2 Å². The molecule has 2 aromatic rings. The molecule has 0 radical (unpaired) electrons. The Hall–Kier alpha value is -2.05. The van der Waals surface area contributed by atoms with Gasteiger partial charge in [0.15, 0.2) is 17.9 Å². The molecule has 0 N–H and O–H groups in total. The highest BCUT2D eigenvalue weighted by Gasteiger charge is 2.32. The van der Waals surface area contributed by atoms with Crippen molar-refractivity contribution in [3.05, 3.63) is 53.8 Å². The standard InChI is InChI=1S/C25H29F3O3/c1-2-16-14-29-24(30-15-16)20-9-7-18(8-10-20)17-3-5-19(6-4-17)21-11-12-23(22(26)13-21)31-25(27)28/h3-6,11-13,16,18,20,24-25H,2,7-10,14-15H2,1H3. The number of alkyl halides is 2. The molecule has 2 aliphatic rings. The van der Waals surface area contributed by atoms with Crippen LogP contribution in [0.25, 0.3) is 11.1 Å². The Morgan fingerprint density at radius 2 is 1.58 bits per heavy atom. The molecule has 1 saturated heterocycles. The first-order chi connectivity index (χ1) is 15.0. The summed E-state index contributed by atoms with van der Waals surface area (Å²) in [6.45, 7) is 0.734. The minimum Gasteiger partial charge on any atom is -0.432 e. The molecule has 1 heterocycles. The van der Waals surface area contributed by atoms with Crippen molar-refractivity contribution < 1.29 is 27.4 Å². The molecule has 31 heavy (non-hydrogen) atoms. The van der Waals surface area contributed by atoms with Gasteiger partial charge in [-0.05, 0) is 66.8 Å². The highest BCUT2D eigenvalue weighted by molar-refractivity contribution is 5.64. The van der Waals surface area contributed by atoms with Crippen molar-refractivity contribution in [3.63, 3.8) is 0 Å². The van der Waals surface area contributed by atoms with E-state index >= 15 is 0 Å². The first-order valence-corrected chi connectivity index (χ1v) is 11.1. The van der Waals surface area contributed by atoms with Crippen molar-refractivity contribution in [2.24, 2.45) is 11.8 Å². The summed E-state index contributed by atoms with van der Waals surface area (Å²) in [6, 6.07) is 12.1. The van der Waals surface area contributed by atoms with Crippen LogP contribution in [0.5, 0.6) is 5.75 Å². The summed E-state index contributed by atoms with van der Waals surface area (Å²) < 4.78 is 54.7. The van der Waals surface area contributed by atoms with Gasteiger partial charge >= 0.3 is 6.61 Å². The monoisotopic (exact) mass is 434 g/mol. The highest BCUT2D eigenvalue weighted by atomic mass is 19.3.